The molecule has 1 aromatic heterocycles. The Morgan fingerprint density at radius 3 is 2.43 bits per heavy atom. The van der Waals surface area contributed by atoms with Gasteiger partial charge in [-0.2, -0.15) is 0 Å². The minimum Gasteiger partial charge on any atom is -0.339 e. The van der Waals surface area contributed by atoms with E-state index in [-0.39, 0.29) is 11.2 Å². The highest BCUT2D eigenvalue weighted by Gasteiger charge is 2.19. The Hall–Kier alpha value is -1.16. The molecule has 1 aromatic rings. The van der Waals surface area contributed by atoms with E-state index in [0.29, 0.717) is 5.56 Å². The van der Waals surface area contributed by atoms with Gasteiger partial charge in [-0.1, -0.05) is 0 Å². The number of hydrogen-bond acceptors (Lipinski definition) is 3. The average Bonchev–Trinajstić information content (AvgIpc) is 2.71. The van der Waals surface area contributed by atoms with Gasteiger partial charge in [-0.15, -0.1) is 0 Å². The molecule has 0 atom stereocenters. The maximum atomic E-state index is 11.8. The number of amides is 1. The van der Waals surface area contributed by atoms with E-state index in [1.165, 1.54) is 12.4 Å². The quantitative estimate of drug-likeness (QED) is 0.659. The van der Waals surface area contributed by atoms with Crippen LogP contribution in [-0.4, -0.2) is 33.9 Å². The molecule has 14 heavy (non-hydrogen) atoms. The SMILES string of the molecule is O=C(c1cnc(Cl)nc1)N1CCCC1. The molecule has 1 aliphatic heterocycles. The molecule has 5 heteroatoms. The Morgan fingerprint density at radius 1 is 1.29 bits per heavy atom. The van der Waals surface area contributed by atoms with Crippen LogP contribution in [0, 0.1) is 0 Å². The van der Waals surface area contributed by atoms with Gasteiger partial charge in [0.15, 0.2) is 0 Å². The number of likely N-dealkylation sites (tertiary alicyclic amines) is 1. The van der Waals surface area contributed by atoms with Gasteiger partial charge in [0.05, 0.1) is 5.56 Å². The van der Waals surface area contributed by atoms with Crippen LogP contribution in [0.4, 0.5) is 0 Å². The van der Waals surface area contributed by atoms with Gasteiger partial charge in [0.25, 0.3) is 5.91 Å². The zero-order valence-electron chi connectivity index (χ0n) is 7.61. The highest BCUT2D eigenvalue weighted by Crippen LogP contribution is 2.12. The molecule has 1 aliphatic rings. The van der Waals surface area contributed by atoms with E-state index in [2.05, 4.69) is 9.97 Å². The smallest absolute Gasteiger partial charge is 0.256 e. The number of aromatic nitrogens is 2. The highest BCUT2D eigenvalue weighted by atomic mass is 35.5. The van der Waals surface area contributed by atoms with Crippen LogP contribution in [0.5, 0.6) is 0 Å². The van der Waals surface area contributed by atoms with Gasteiger partial charge in [0, 0.05) is 25.5 Å². The van der Waals surface area contributed by atoms with Crippen molar-refractivity contribution >= 4 is 17.5 Å². The van der Waals surface area contributed by atoms with Gasteiger partial charge >= 0.3 is 0 Å². The van der Waals surface area contributed by atoms with Crippen molar-refractivity contribution in [2.45, 2.75) is 12.8 Å². The van der Waals surface area contributed by atoms with Crippen LogP contribution < -0.4 is 0 Å². The second-order valence-electron chi connectivity index (χ2n) is 3.24. The van der Waals surface area contributed by atoms with Crippen LogP contribution in [0.2, 0.25) is 5.28 Å². The first-order valence-corrected chi connectivity index (χ1v) is 4.92. The number of hydrogen-bond donors (Lipinski definition) is 0. The van der Waals surface area contributed by atoms with Crippen molar-refractivity contribution in [1.29, 1.82) is 0 Å². The predicted octanol–water partition coefficient (Wildman–Crippen LogP) is 1.37. The van der Waals surface area contributed by atoms with Gasteiger partial charge in [0.2, 0.25) is 5.28 Å². The summed E-state index contributed by atoms with van der Waals surface area (Å²) in [4.78, 5) is 21.1. The third-order valence-electron chi connectivity index (χ3n) is 2.26. The van der Waals surface area contributed by atoms with Crippen molar-refractivity contribution in [1.82, 2.24) is 14.9 Å². The zero-order valence-corrected chi connectivity index (χ0v) is 8.37. The molecular formula is C9H10ClN3O. The van der Waals surface area contributed by atoms with Crippen molar-refractivity contribution in [3.05, 3.63) is 23.2 Å². The third-order valence-corrected chi connectivity index (χ3v) is 2.46. The summed E-state index contributed by atoms with van der Waals surface area (Å²) in [5, 5.41) is 0.169. The average molecular weight is 212 g/mol. The molecule has 1 saturated heterocycles. The van der Waals surface area contributed by atoms with Crippen LogP contribution in [0.15, 0.2) is 12.4 Å². The summed E-state index contributed by atoms with van der Waals surface area (Å²) in [5.41, 5.74) is 0.510. The highest BCUT2D eigenvalue weighted by molar-refractivity contribution is 6.28. The molecule has 0 aliphatic carbocycles. The topological polar surface area (TPSA) is 46.1 Å². The fraction of sp³-hybridized carbons (Fsp3) is 0.444. The molecule has 0 saturated carbocycles. The Bertz CT molecular complexity index is 332. The molecular weight excluding hydrogens is 202 g/mol. The van der Waals surface area contributed by atoms with Crippen LogP contribution in [-0.2, 0) is 0 Å². The Balaban J connectivity index is 2.14. The Morgan fingerprint density at radius 2 is 1.86 bits per heavy atom. The summed E-state index contributed by atoms with van der Waals surface area (Å²) in [6.07, 6.45) is 5.10. The van der Waals surface area contributed by atoms with Gasteiger partial charge in [-0.25, -0.2) is 9.97 Å². The second kappa shape index (κ2) is 3.92. The van der Waals surface area contributed by atoms with Crippen LogP contribution in [0.3, 0.4) is 0 Å². The van der Waals surface area contributed by atoms with E-state index in [1.807, 2.05) is 4.90 Å². The molecule has 74 valence electrons. The molecule has 0 N–H and O–H groups in total. The van der Waals surface area contributed by atoms with Gasteiger partial charge < -0.3 is 4.90 Å². The summed E-state index contributed by atoms with van der Waals surface area (Å²) in [6, 6.07) is 0. The molecule has 4 nitrogen and oxygen atoms in total. The molecule has 2 heterocycles. The molecule has 0 unspecified atom stereocenters. The molecule has 0 bridgehead atoms. The lowest BCUT2D eigenvalue weighted by molar-refractivity contribution is 0.0792. The van der Waals surface area contributed by atoms with E-state index in [0.717, 1.165) is 25.9 Å². The summed E-state index contributed by atoms with van der Waals surface area (Å²) >= 11 is 5.53. The van der Waals surface area contributed by atoms with Crippen LogP contribution in [0.1, 0.15) is 23.2 Å². The molecule has 2 rings (SSSR count). The summed E-state index contributed by atoms with van der Waals surface area (Å²) < 4.78 is 0. The number of nitrogens with zero attached hydrogens (tertiary/aromatic N) is 3. The maximum absolute atomic E-state index is 11.8. The number of carbonyl (C=O) groups excluding carboxylic acids is 1. The lowest BCUT2D eigenvalue weighted by Gasteiger charge is -2.14. The van der Waals surface area contributed by atoms with Crippen molar-refractivity contribution in [3.63, 3.8) is 0 Å². The van der Waals surface area contributed by atoms with E-state index < -0.39 is 0 Å². The maximum Gasteiger partial charge on any atom is 0.256 e. The number of rotatable bonds is 1. The first-order valence-electron chi connectivity index (χ1n) is 4.54. The summed E-state index contributed by atoms with van der Waals surface area (Å²) in [5.74, 6) is -0.000772. The largest absolute Gasteiger partial charge is 0.339 e. The van der Waals surface area contributed by atoms with Crippen molar-refractivity contribution < 1.29 is 4.79 Å². The van der Waals surface area contributed by atoms with Crippen LogP contribution in [0.25, 0.3) is 0 Å². The van der Waals surface area contributed by atoms with E-state index in [1.54, 1.807) is 0 Å². The molecule has 1 fully saturated rings. The normalized spacial score (nSPS) is 15.9. The fourth-order valence-electron chi connectivity index (χ4n) is 1.53. The van der Waals surface area contributed by atoms with E-state index in [4.69, 9.17) is 11.6 Å². The first-order chi connectivity index (χ1) is 6.77. The van der Waals surface area contributed by atoms with E-state index >= 15 is 0 Å². The van der Waals surface area contributed by atoms with Crippen molar-refractivity contribution in [3.8, 4) is 0 Å². The van der Waals surface area contributed by atoms with Crippen molar-refractivity contribution in [2.24, 2.45) is 0 Å². The Kier molecular flexibility index (Phi) is 2.63. The van der Waals surface area contributed by atoms with Crippen LogP contribution >= 0.6 is 11.6 Å². The minimum atomic E-state index is -0.000772. The van der Waals surface area contributed by atoms with Crippen molar-refractivity contribution in [2.75, 3.05) is 13.1 Å². The number of carbonyl (C=O) groups is 1. The molecule has 0 radical (unpaired) electrons. The zero-order chi connectivity index (χ0) is 9.97. The lowest BCUT2D eigenvalue weighted by atomic mass is 10.3. The van der Waals surface area contributed by atoms with Gasteiger partial charge in [0.1, 0.15) is 0 Å². The number of halogens is 1. The van der Waals surface area contributed by atoms with Gasteiger partial charge in [-0.05, 0) is 24.4 Å². The molecule has 1 amide bonds. The Labute approximate surface area is 86.9 Å². The monoisotopic (exact) mass is 211 g/mol. The minimum absolute atomic E-state index is 0.000772. The second-order valence-corrected chi connectivity index (χ2v) is 3.58. The van der Waals surface area contributed by atoms with Gasteiger partial charge in [-0.3, -0.25) is 4.79 Å². The summed E-state index contributed by atoms with van der Waals surface area (Å²) in [7, 11) is 0. The summed E-state index contributed by atoms with van der Waals surface area (Å²) in [6.45, 7) is 1.67. The molecule has 0 aromatic carbocycles. The van der Waals surface area contributed by atoms with E-state index in [9.17, 15) is 4.79 Å². The first kappa shape index (κ1) is 9.40. The standard InChI is InChI=1S/C9H10ClN3O/c10-9-11-5-7(6-12-9)8(14)13-3-1-2-4-13/h5-6H,1-4H2. The third kappa shape index (κ3) is 1.85. The fourth-order valence-corrected chi connectivity index (χ4v) is 1.62. The lowest BCUT2D eigenvalue weighted by Crippen LogP contribution is -2.27. The molecule has 0 spiro atoms. The predicted molar refractivity (Wildman–Crippen MR) is 52.2 cm³/mol.